The van der Waals surface area contributed by atoms with Gasteiger partial charge in [0.25, 0.3) is 0 Å². The van der Waals surface area contributed by atoms with Crippen molar-refractivity contribution in [2.45, 2.75) is 25.9 Å². The van der Waals surface area contributed by atoms with E-state index in [-0.39, 0.29) is 6.10 Å². The van der Waals surface area contributed by atoms with E-state index in [1.165, 1.54) is 0 Å². The van der Waals surface area contributed by atoms with Crippen LogP contribution < -0.4 is 9.47 Å². The predicted molar refractivity (Wildman–Crippen MR) is 79.3 cm³/mol. The first-order chi connectivity index (χ1) is 9.69. The van der Waals surface area contributed by atoms with Crippen molar-refractivity contribution in [3.8, 4) is 11.5 Å². The fourth-order valence-electron chi connectivity index (χ4n) is 2.54. The van der Waals surface area contributed by atoms with Gasteiger partial charge in [0, 0.05) is 13.1 Å². The van der Waals surface area contributed by atoms with Gasteiger partial charge in [0.15, 0.2) is 11.5 Å². The quantitative estimate of drug-likeness (QED) is 0.792. The summed E-state index contributed by atoms with van der Waals surface area (Å²) < 4.78 is 11.3. The van der Waals surface area contributed by atoms with Crippen molar-refractivity contribution in [1.82, 2.24) is 4.90 Å². The number of aliphatic hydroxyl groups is 1. The molecule has 1 saturated carbocycles. The summed E-state index contributed by atoms with van der Waals surface area (Å²) in [7, 11) is 2.10. The number of para-hydroxylation sites is 2. The molecule has 0 spiro atoms. The third kappa shape index (κ3) is 4.39. The Balaban J connectivity index is 1.69. The van der Waals surface area contributed by atoms with Gasteiger partial charge < -0.3 is 19.5 Å². The Hall–Kier alpha value is -1.26. The van der Waals surface area contributed by atoms with Crippen LogP contribution in [0.2, 0.25) is 0 Å². The summed E-state index contributed by atoms with van der Waals surface area (Å²) in [6, 6.07) is 7.77. The van der Waals surface area contributed by atoms with E-state index in [1.54, 1.807) is 0 Å². The van der Waals surface area contributed by atoms with Crippen LogP contribution in [0.25, 0.3) is 0 Å². The molecule has 4 nitrogen and oxygen atoms in total. The van der Waals surface area contributed by atoms with Gasteiger partial charge in [0.05, 0.1) is 12.7 Å². The van der Waals surface area contributed by atoms with Gasteiger partial charge in [-0.3, -0.25) is 0 Å². The van der Waals surface area contributed by atoms with Crippen LogP contribution in [-0.4, -0.2) is 49.5 Å². The highest BCUT2D eigenvalue weighted by Crippen LogP contribution is 2.28. The molecule has 1 N–H and O–H groups in total. The lowest BCUT2D eigenvalue weighted by molar-refractivity contribution is 0.0268. The monoisotopic (exact) mass is 279 g/mol. The fourth-order valence-corrected chi connectivity index (χ4v) is 2.54. The molecule has 0 aromatic heterocycles. The minimum absolute atomic E-state index is 0.0669. The molecule has 0 radical (unpaired) electrons. The van der Waals surface area contributed by atoms with Gasteiger partial charge >= 0.3 is 0 Å². The number of likely N-dealkylation sites (N-methyl/N-ethyl adjacent to an activating group) is 1. The summed E-state index contributed by atoms with van der Waals surface area (Å²) in [4.78, 5) is 2.26. The average molecular weight is 279 g/mol. The van der Waals surface area contributed by atoms with E-state index < -0.39 is 0 Å². The lowest BCUT2D eigenvalue weighted by Crippen LogP contribution is -2.38. The van der Waals surface area contributed by atoms with Gasteiger partial charge in [-0.05, 0) is 44.9 Å². The molecule has 4 heteroatoms. The maximum Gasteiger partial charge on any atom is 0.161 e. The lowest BCUT2D eigenvalue weighted by atomic mass is 9.82. The zero-order valence-electron chi connectivity index (χ0n) is 12.4. The van der Waals surface area contributed by atoms with E-state index in [1.807, 2.05) is 31.2 Å². The summed E-state index contributed by atoms with van der Waals surface area (Å²) in [6.07, 6.45) is 1.82. The molecule has 0 saturated heterocycles. The molecule has 0 bridgehead atoms. The minimum Gasteiger partial charge on any atom is -0.490 e. The number of hydrogen-bond donors (Lipinski definition) is 1. The number of hydrogen-bond acceptors (Lipinski definition) is 4. The van der Waals surface area contributed by atoms with E-state index in [0.717, 1.165) is 37.4 Å². The summed E-state index contributed by atoms with van der Waals surface area (Å²) in [5.41, 5.74) is 0. The number of rotatable bonds is 8. The van der Waals surface area contributed by atoms with E-state index in [0.29, 0.717) is 19.1 Å². The Bertz CT molecular complexity index is 404. The number of benzene rings is 1. The maximum atomic E-state index is 9.28. The zero-order chi connectivity index (χ0) is 14.4. The van der Waals surface area contributed by atoms with Crippen molar-refractivity contribution < 1.29 is 14.6 Å². The molecule has 0 amide bonds. The van der Waals surface area contributed by atoms with Crippen LogP contribution >= 0.6 is 0 Å². The third-order valence-corrected chi connectivity index (χ3v) is 3.66. The van der Waals surface area contributed by atoms with Crippen molar-refractivity contribution in [2.75, 3.05) is 33.4 Å². The Kier molecular flexibility index (Phi) is 5.68. The van der Waals surface area contributed by atoms with Crippen LogP contribution in [0.3, 0.4) is 0 Å². The Morgan fingerprint density at radius 3 is 2.45 bits per heavy atom. The highest BCUT2D eigenvalue weighted by Gasteiger charge is 2.27. The smallest absolute Gasteiger partial charge is 0.161 e. The number of aliphatic hydroxyl groups excluding tert-OH is 1. The maximum absolute atomic E-state index is 9.28. The van der Waals surface area contributed by atoms with Gasteiger partial charge in [-0.25, -0.2) is 0 Å². The molecule has 112 valence electrons. The SMILES string of the molecule is CCOc1ccccc1OCCN(C)CC1CC(O)C1. The second-order valence-electron chi connectivity index (χ2n) is 5.48. The van der Waals surface area contributed by atoms with Crippen LogP contribution in [0, 0.1) is 5.92 Å². The van der Waals surface area contributed by atoms with Gasteiger partial charge in [-0.2, -0.15) is 0 Å². The molecule has 0 atom stereocenters. The van der Waals surface area contributed by atoms with Crippen molar-refractivity contribution in [2.24, 2.45) is 5.92 Å². The molecule has 20 heavy (non-hydrogen) atoms. The molecule has 0 heterocycles. The minimum atomic E-state index is -0.0669. The molecule has 1 aromatic carbocycles. The molecule has 1 fully saturated rings. The predicted octanol–water partition coefficient (Wildman–Crippen LogP) is 2.17. The van der Waals surface area contributed by atoms with Crippen LogP contribution in [0.5, 0.6) is 11.5 Å². The van der Waals surface area contributed by atoms with Crippen LogP contribution in [0.15, 0.2) is 24.3 Å². The van der Waals surface area contributed by atoms with Crippen LogP contribution in [0.4, 0.5) is 0 Å². The highest BCUT2D eigenvalue weighted by atomic mass is 16.5. The van der Waals surface area contributed by atoms with E-state index >= 15 is 0 Å². The molecule has 1 aromatic rings. The summed E-state index contributed by atoms with van der Waals surface area (Å²) in [5.74, 6) is 2.26. The van der Waals surface area contributed by atoms with Crippen molar-refractivity contribution >= 4 is 0 Å². The Labute approximate surface area is 121 Å². The third-order valence-electron chi connectivity index (χ3n) is 3.66. The van der Waals surface area contributed by atoms with E-state index in [4.69, 9.17) is 9.47 Å². The van der Waals surface area contributed by atoms with Crippen LogP contribution in [-0.2, 0) is 0 Å². The Morgan fingerprint density at radius 1 is 1.20 bits per heavy atom. The van der Waals surface area contributed by atoms with E-state index in [2.05, 4.69) is 11.9 Å². The first-order valence-electron chi connectivity index (χ1n) is 7.40. The second-order valence-corrected chi connectivity index (χ2v) is 5.48. The summed E-state index contributed by atoms with van der Waals surface area (Å²) in [5, 5.41) is 9.28. The molecule has 1 aliphatic carbocycles. The first kappa shape index (κ1) is 15.1. The van der Waals surface area contributed by atoms with E-state index in [9.17, 15) is 5.11 Å². The second kappa shape index (κ2) is 7.50. The summed E-state index contributed by atoms with van der Waals surface area (Å²) >= 11 is 0. The normalized spacial score (nSPS) is 21.6. The number of ether oxygens (including phenoxy) is 2. The van der Waals surface area contributed by atoms with Crippen LogP contribution in [0.1, 0.15) is 19.8 Å². The van der Waals surface area contributed by atoms with Gasteiger partial charge in [0.1, 0.15) is 6.61 Å². The van der Waals surface area contributed by atoms with Gasteiger partial charge in [-0.15, -0.1) is 0 Å². The zero-order valence-corrected chi connectivity index (χ0v) is 12.4. The van der Waals surface area contributed by atoms with Crippen molar-refractivity contribution in [3.05, 3.63) is 24.3 Å². The summed E-state index contributed by atoms with van der Waals surface area (Å²) in [6.45, 7) is 5.18. The first-order valence-corrected chi connectivity index (χ1v) is 7.40. The largest absolute Gasteiger partial charge is 0.490 e. The molecule has 1 aliphatic rings. The molecule has 0 aliphatic heterocycles. The molecular weight excluding hydrogens is 254 g/mol. The molecule has 0 unspecified atom stereocenters. The standard InChI is InChI=1S/C16H25NO3/c1-3-19-15-6-4-5-7-16(15)20-9-8-17(2)12-13-10-14(18)11-13/h4-7,13-14,18H,3,8-12H2,1-2H3. The average Bonchev–Trinajstić information content (AvgIpc) is 2.39. The topological polar surface area (TPSA) is 41.9 Å². The molecule has 2 rings (SSSR count). The van der Waals surface area contributed by atoms with Crippen molar-refractivity contribution in [3.63, 3.8) is 0 Å². The van der Waals surface area contributed by atoms with Gasteiger partial charge in [0.2, 0.25) is 0 Å². The van der Waals surface area contributed by atoms with Gasteiger partial charge in [-0.1, -0.05) is 12.1 Å². The number of nitrogens with zero attached hydrogens (tertiary/aromatic N) is 1. The van der Waals surface area contributed by atoms with Crippen molar-refractivity contribution in [1.29, 1.82) is 0 Å². The Morgan fingerprint density at radius 2 is 1.85 bits per heavy atom. The highest BCUT2D eigenvalue weighted by molar-refractivity contribution is 5.39. The lowest BCUT2D eigenvalue weighted by Gasteiger charge is -2.34. The molecular formula is C16H25NO3. The fraction of sp³-hybridized carbons (Fsp3) is 0.625.